The molecule has 0 spiro atoms. The van der Waals surface area contributed by atoms with Crippen LogP contribution in [0.3, 0.4) is 0 Å². The van der Waals surface area contributed by atoms with Crippen molar-refractivity contribution in [2.45, 2.75) is 136 Å². The van der Waals surface area contributed by atoms with Crippen LogP contribution < -0.4 is 0 Å². The van der Waals surface area contributed by atoms with Crippen molar-refractivity contribution in [3.8, 4) is 23.0 Å². The highest BCUT2D eigenvalue weighted by Crippen LogP contribution is 2.35. The molecule has 66 heavy (non-hydrogen) atoms. The molecular formula is C41H56O25. The molecule has 0 aromatic heterocycles. The average molecular weight is 949 g/mol. The highest BCUT2D eigenvalue weighted by molar-refractivity contribution is 5.87. The monoisotopic (exact) mass is 948 g/mol. The lowest BCUT2D eigenvalue weighted by Gasteiger charge is -2.47. The highest BCUT2D eigenvalue weighted by atomic mass is 16.8. The topological polar surface area (TPSA) is 404 Å². The minimum atomic E-state index is -2.04. The van der Waals surface area contributed by atoms with Gasteiger partial charge in [-0.1, -0.05) is 12.1 Å². The van der Waals surface area contributed by atoms with Crippen molar-refractivity contribution in [3.05, 3.63) is 53.6 Å². The molecule has 4 aliphatic rings. The van der Waals surface area contributed by atoms with Crippen LogP contribution in [-0.2, 0) is 53.8 Å². The third-order valence-corrected chi connectivity index (χ3v) is 11.5. The van der Waals surface area contributed by atoms with Crippen LogP contribution in [0.5, 0.6) is 23.0 Å². The van der Waals surface area contributed by atoms with Crippen molar-refractivity contribution < 1.29 is 124 Å². The Morgan fingerprint density at radius 3 is 1.77 bits per heavy atom. The number of hydrogen-bond donors (Lipinski definition) is 15. The van der Waals surface area contributed by atoms with Gasteiger partial charge >= 0.3 is 5.97 Å². The molecule has 6 rings (SSSR count). The summed E-state index contributed by atoms with van der Waals surface area (Å²) in [4.78, 5) is 13.5. The fraction of sp³-hybridized carbons (Fsp3) is 0.634. The highest BCUT2D eigenvalue weighted by Gasteiger charge is 2.54. The molecule has 0 saturated carbocycles. The molecular weight excluding hydrogens is 892 g/mol. The predicted octanol–water partition coefficient (Wildman–Crippen LogP) is -5.37. The van der Waals surface area contributed by atoms with Crippen LogP contribution in [-0.4, -0.2) is 232 Å². The summed E-state index contributed by atoms with van der Waals surface area (Å²) < 4.78 is 51.8. The average Bonchev–Trinajstić information content (AvgIpc) is 3.29. The number of phenolic OH excluding ortho intramolecular Hbond substituents is 4. The van der Waals surface area contributed by atoms with E-state index in [1.54, 1.807) is 0 Å². The zero-order chi connectivity index (χ0) is 48.1. The molecule has 4 saturated heterocycles. The number of rotatable bonds is 16. The minimum absolute atomic E-state index is 0.0596. The molecule has 2 aromatic rings. The first-order valence-electron chi connectivity index (χ1n) is 20.7. The summed E-state index contributed by atoms with van der Waals surface area (Å²) in [5.74, 6) is -2.89. The fourth-order valence-corrected chi connectivity index (χ4v) is 7.63. The molecule has 25 heteroatoms. The van der Waals surface area contributed by atoms with E-state index in [0.29, 0.717) is 5.56 Å². The summed E-state index contributed by atoms with van der Waals surface area (Å²) in [7, 11) is 0. The Bertz CT molecular complexity index is 1920. The lowest BCUT2D eigenvalue weighted by Crippen LogP contribution is -2.66. The number of aliphatic hydroxyl groups is 11. The van der Waals surface area contributed by atoms with Crippen LogP contribution in [0.4, 0.5) is 0 Å². The van der Waals surface area contributed by atoms with Crippen molar-refractivity contribution in [3.63, 3.8) is 0 Å². The first-order chi connectivity index (χ1) is 31.3. The van der Waals surface area contributed by atoms with Gasteiger partial charge in [-0.15, -0.1) is 0 Å². The van der Waals surface area contributed by atoms with Gasteiger partial charge in [0.05, 0.1) is 32.5 Å². The van der Waals surface area contributed by atoms with E-state index in [0.717, 1.165) is 18.2 Å². The summed E-state index contributed by atoms with van der Waals surface area (Å²) in [5.41, 5.74) is 0.693. The van der Waals surface area contributed by atoms with Gasteiger partial charge in [-0.25, -0.2) is 4.79 Å². The van der Waals surface area contributed by atoms with Crippen molar-refractivity contribution in [2.75, 3.05) is 26.4 Å². The molecule has 370 valence electrons. The second-order valence-corrected chi connectivity index (χ2v) is 16.1. The maximum Gasteiger partial charge on any atom is 0.331 e. The lowest BCUT2D eigenvalue weighted by molar-refractivity contribution is -0.372. The summed E-state index contributed by atoms with van der Waals surface area (Å²) in [6.45, 7) is -1.41. The number of carbonyl (C=O) groups excluding carboxylic acids is 1. The van der Waals surface area contributed by atoms with Gasteiger partial charge in [-0.2, -0.15) is 0 Å². The molecule has 4 aliphatic heterocycles. The van der Waals surface area contributed by atoms with Crippen LogP contribution >= 0.6 is 0 Å². The Balaban J connectivity index is 1.26. The number of hydrogen-bond acceptors (Lipinski definition) is 25. The third kappa shape index (κ3) is 11.7. The second kappa shape index (κ2) is 22.5. The van der Waals surface area contributed by atoms with Crippen LogP contribution in [0.2, 0.25) is 0 Å². The standard InChI is InChI=1S/C41H56O25/c1-15-26(49)28(51)31(54)40(60-15)66-37-34(57)39(58-9-8-17-3-6-19(45)21(47)11-17)63-24(36(37)64-25(48)7-4-16-2-5-18(44)20(46)10-16)14-59-38-33(56)30(53)35(23(13-43)62-38)65-41-32(55)29(52)27(50)22(12-42)61-41/h2-7,10-11,15,22-24,26-47,49-57H,8-9,12-14H2,1H3/b7-4+/t15-,22+,23+,24+,26-,27+,28+,29-,30+,31+,32+,33+,34+,35+,36+,37+,38+,39+,40-,41-/m0/s1. The molecule has 25 nitrogen and oxygen atoms in total. The zero-order valence-electron chi connectivity index (χ0n) is 35.0. The van der Waals surface area contributed by atoms with Gasteiger partial charge in [0, 0.05) is 6.08 Å². The minimum Gasteiger partial charge on any atom is -0.504 e. The van der Waals surface area contributed by atoms with Crippen molar-refractivity contribution >= 4 is 12.0 Å². The Labute approximate surface area is 374 Å². The number of carbonyl (C=O) groups is 1. The normalized spacial score (nSPS) is 39.8. The summed E-state index contributed by atoms with van der Waals surface area (Å²) in [6, 6.07) is 7.60. The van der Waals surface area contributed by atoms with E-state index in [4.69, 9.17) is 42.6 Å². The van der Waals surface area contributed by atoms with E-state index in [9.17, 15) is 81.4 Å². The summed E-state index contributed by atoms with van der Waals surface area (Å²) >= 11 is 0. The molecule has 0 aliphatic carbocycles. The number of esters is 1. The number of ether oxygens (including phenoxy) is 9. The largest absolute Gasteiger partial charge is 0.504 e. The first kappa shape index (κ1) is 51.5. The second-order valence-electron chi connectivity index (χ2n) is 16.1. The van der Waals surface area contributed by atoms with E-state index < -0.39 is 166 Å². The molecule has 4 heterocycles. The van der Waals surface area contributed by atoms with Gasteiger partial charge in [-0.05, 0) is 54.8 Å². The van der Waals surface area contributed by atoms with Gasteiger partial charge < -0.3 is 119 Å². The van der Waals surface area contributed by atoms with E-state index >= 15 is 0 Å². The van der Waals surface area contributed by atoms with Gasteiger partial charge in [-0.3, -0.25) is 0 Å². The smallest absolute Gasteiger partial charge is 0.331 e. The number of aliphatic hydroxyl groups excluding tert-OH is 11. The number of aromatic hydroxyl groups is 4. The third-order valence-electron chi connectivity index (χ3n) is 11.5. The zero-order valence-corrected chi connectivity index (χ0v) is 35.0. The summed E-state index contributed by atoms with van der Waals surface area (Å²) in [6.07, 6.45) is -33.0. The molecule has 20 atom stereocenters. The van der Waals surface area contributed by atoms with Crippen LogP contribution in [0.1, 0.15) is 18.1 Å². The molecule has 4 fully saturated rings. The Kier molecular flexibility index (Phi) is 17.5. The Hall–Kier alpha value is -3.91. The molecule has 0 radical (unpaired) electrons. The Morgan fingerprint density at radius 2 is 1.12 bits per heavy atom. The molecule has 0 amide bonds. The predicted molar refractivity (Wildman–Crippen MR) is 212 cm³/mol. The van der Waals surface area contributed by atoms with Gasteiger partial charge in [0.1, 0.15) is 85.5 Å². The maximum absolute atomic E-state index is 13.5. The van der Waals surface area contributed by atoms with Crippen molar-refractivity contribution in [1.29, 1.82) is 0 Å². The maximum atomic E-state index is 13.5. The van der Waals surface area contributed by atoms with E-state index in [1.807, 2.05) is 0 Å². The van der Waals surface area contributed by atoms with Gasteiger partial charge in [0.15, 0.2) is 54.3 Å². The molecule has 15 N–H and O–H groups in total. The van der Waals surface area contributed by atoms with E-state index in [-0.39, 0.29) is 24.3 Å². The van der Waals surface area contributed by atoms with Gasteiger partial charge in [0.25, 0.3) is 0 Å². The van der Waals surface area contributed by atoms with Crippen molar-refractivity contribution in [1.82, 2.24) is 0 Å². The number of benzene rings is 2. The van der Waals surface area contributed by atoms with Crippen LogP contribution in [0.15, 0.2) is 42.5 Å². The molecule has 0 unspecified atom stereocenters. The lowest BCUT2D eigenvalue weighted by atomic mass is 9.96. The van der Waals surface area contributed by atoms with Crippen LogP contribution in [0.25, 0.3) is 6.08 Å². The summed E-state index contributed by atoms with van der Waals surface area (Å²) in [5, 5.41) is 156. The SMILES string of the molecule is C[C@@H]1O[C@@H](O[C@@H]2[C@@H](O)[C@H](OCCc3ccc(O)c(O)c3)O[C@H](CO[C@@H]3O[C@H](CO)[C@@H](O[C@@H]4O[C@H](CO)[C@@H](O)[C@H](O)[C@H]4O)[C@H](O)[C@H]3O)[C@H]2OC(=O)/C=C/c2ccc(O)c(O)c2)[C@H](O)[C@H](O)[C@H]1O. The van der Waals surface area contributed by atoms with E-state index in [2.05, 4.69) is 0 Å². The number of phenols is 4. The Morgan fingerprint density at radius 1 is 0.561 bits per heavy atom. The van der Waals surface area contributed by atoms with Crippen molar-refractivity contribution in [2.24, 2.45) is 0 Å². The molecule has 2 aromatic carbocycles. The van der Waals surface area contributed by atoms with E-state index in [1.165, 1.54) is 37.3 Å². The molecule has 0 bridgehead atoms. The van der Waals surface area contributed by atoms with Crippen LogP contribution in [0, 0.1) is 0 Å². The van der Waals surface area contributed by atoms with Gasteiger partial charge in [0.2, 0.25) is 0 Å². The quantitative estimate of drug-likeness (QED) is 0.0424. The fourth-order valence-electron chi connectivity index (χ4n) is 7.63. The first-order valence-corrected chi connectivity index (χ1v) is 20.7.